The minimum absolute atomic E-state index is 0.0734. The third-order valence-electron chi connectivity index (χ3n) is 2.78. The number of ether oxygens (including phenoxy) is 6. The average Bonchev–Trinajstić information content (AvgIpc) is 3.05. The molecule has 0 bridgehead atoms. The van der Waals surface area contributed by atoms with E-state index in [0.717, 1.165) is 12.5 Å². The summed E-state index contributed by atoms with van der Waals surface area (Å²) in [6, 6.07) is 0. The van der Waals surface area contributed by atoms with Gasteiger partial charge in [-0.2, -0.15) is 0 Å². The van der Waals surface area contributed by atoms with Gasteiger partial charge in [0.1, 0.15) is 12.5 Å². The molecule has 1 rings (SSSR count). The molecule has 0 N–H and O–H groups in total. The predicted octanol–water partition coefficient (Wildman–Crippen LogP) is 0.885. The normalized spacial score (nSPS) is 16.6. The molecular weight excluding hydrogens is 340 g/mol. The highest BCUT2D eigenvalue weighted by molar-refractivity contribution is 6.02. The van der Waals surface area contributed by atoms with E-state index in [0.29, 0.717) is 0 Å². The van der Waals surface area contributed by atoms with Crippen molar-refractivity contribution in [3.63, 3.8) is 0 Å². The largest absolute Gasteiger partial charge is 0.452 e. The lowest BCUT2D eigenvalue weighted by atomic mass is 10.3. The van der Waals surface area contributed by atoms with Crippen molar-refractivity contribution in [3.05, 3.63) is 12.5 Å². The van der Waals surface area contributed by atoms with Crippen LogP contribution in [-0.4, -0.2) is 42.2 Å². The standard InChI is InChI=1S/C15H20O10/c1-5-11(16)22-9(3)24-13(18)15(20-7-8-21-15)14(19)25-10(4)23-12(17)6-2/h7-10H,5-6H2,1-4H3. The zero-order chi connectivity index (χ0) is 19.0. The van der Waals surface area contributed by atoms with E-state index in [4.69, 9.17) is 28.4 Å². The van der Waals surface area contributed by atoms with Crippen molar-refractivity contribution in [1.82, 2.24) is 0 Å². The topological polar surface area (TPSA) is 124 Å². The molecule has 0 saturated heterocycles. The molecule has 1 aliphatic heterocycles. The van der Waals surface area contributed by atoms with E-state index >= 15 is 0 Å². The molecule has 0 saturated carbocycles. The first kappa shape index (κ1) is 20.3. The summed E-state index contributed by atoms with van der Waals surface area (Å²) in [5.41, 5.74) is 0. The summed E-state index contributed by atoms with van der Waals surface area (Å²) in [5.74, 6) is -6.38. The van der Waals surface area contributed by atoms with Gasteiger partial charge in [0.15, 0.2) is 0 Å². The van der Waals surface area contributed by atoms with E-state index in [1.54, 1.807) is 13.8 Å². The molecule has 2 unspecified atom stereocenters. The van der Waals surface area contributed by atoms with Gasteiger partial charge in [-0.25, -0.2) is 9.59 Å². The zero-order valence-electron chi connectivity index (χ0n) is 14.3. The Labute approximate surface area is 143 Å². The lowest BCUT2D eigenvalue weighted by molar-refractivity contribution is -0.239. The zero-order valence-corrected chi connectivity index (χ0v) is 14.3. The number of hydrogen-bond acceptors (Lipinski definition) is 10. The van der Waals surface area contributed by atoms with Gasteiger partial charge in [0.25, 0.3) is 0 Å². The maximum atomic E-state index is 12.2. The smallest absolute Gasteiger partial charge is 0.439 e. The molecule has 0 aromatic rings. The lowest BCUT2D eigenvalue weighted by Crippen LogP contribution is -2.51. The van der Waals surface area contributed by atoms with Crippen LogP contribution in [0, 0.1) is 0 Å². The third-order valence-corrected chi connectivity index (χ3v) is 2.78. The van der Waals surface area contributed by atoms with Crippen LogP contribution in [0.1, 0.15) is 40.5 Å². The highest BCUT2D eigenvalue weighted by atomic mass is 16.8. The summed E-state index contributed by atoms with van der Waals surface area (Å²) in [7, 11) is 0. The minimum Gasteiger partial charge on any atom is -0.439 e. The fourth-order valence-corrected chi connectivity index (χ4v) is 1.59. The number of esters is 4. The number of carbonyl (C=O) groups is 4. The molecule has 10 heteroatoms. The SMILES string of the molecule is CCC(=O)OC(C)OC(=O)C1(C(=O)OC(C)OC(=O)CC)OC=CO1. The summed E-state index contributed by atoms with van der Waals surface area (Å²) in [5, 5.41) is 0. The second-order valence-electron chi connectivity index (χ2n) is 4.76. The molecule has 0 aliphatic carbocycles. The van der Waals surface area contributed by atoms with Crippen molar-refractivity contribution in [2.45, 2.75) is 58.9 Å². The Hall–Kier alpha value is -2.78. The summed E-state index contributed by atoms with van der Waals surface area (Å²) in [6.07, 6.45) is -0.545. The number of hydrogen-bond donors (Lipinski definition) is 0. The first-order valence-electron chi connectivity index (χ1n) is 7.56. The molecule has 25 heavy (non-hydrogen) atoms. The van der Waals surface area contributed by atoms with Gasteiger partial charge in [-0.15, -0.1) is 0 Å². The molecule has 1 heterocycles. The molecule has 1 aliphatic rings. The van der Waals surface area contributed by atoms with Crippen LogP contribution in [-0.2, 0) is 47.6 Å². The Morgan fingerprint density at radius 2 is 1.16 bits per heavy atom. The van der Waals surface area contributed by atoms with Crippen LogP contribution < -0.4 is 0 Å². The van der Waals surface area contributed by atoms with Crippen LogP contribution in [0.25, 0.3) is 0 Å². The minimum atomic E-state index is -2.57. The highest BCUT2D eigenvalue weighted by Gasteiger charge is 2.57. The Bertz CT molecular complexity index is 505. The highest BCUT2D eigenvalue weighted by Crippen LogP contribution is 2.25. The van der Waals surface area contributed by atoms with Crippen molar-refractivity contribution >= 4 is 23.9 Å². The van der Waals surface area contributed by atoms with Gasteiger partial charge in [-0.1, -0.05) is 13.8 Å². The molecule has 0 aromatic heterocycles. The first-order valence-corrected chi connectivity index (χ1v) is 7.56. The fourth-order valence-electron chi connectivity index (χ4n) is 1.59. The van der Waals surface area contributed by atoms with Gasteiger partial charge in [0.05, 0.1) is 0 Å². The first-order chi connectivity index (χ1) is 11.7. The molecule has 0 radical (unpaired) electrons. The quantitative estimate of drug-likeness (QED) is 0.350. The summed E-state index contributed by atoms with van der Waals surface area (Å²) in [4.78, 5) is 46.8. The van der Waals surface area contributed by atoms with Crippen LogP contribution >= 0.6 is 0 Å². The van der Waals surface area contributed by atoms with Crippen molar-refractivity contribution in [2.24, 2.45) is 0 Å². The van der Waals surface area contributed by atoms with E-state index in [1.807, 2.05) is 0 Å². The van der Waals surface area contributed by atoms with E-state index < -0.39 is 42.2 Å². The molecule has 140 valence electrons. The molecule has 0 amide bonds. The van der Waals surface area contributed by atoms with Crippen LogP contribution in [0.15, 0.2) is 12.5 Å². The van der Waals surface area contributed by atoms with Gasteiger partial charge >= 0.3 is 29.7 Å². The van der Waals surface area contributed by atoms with E-state index in [2.05, 4.69) is 0 Å². The summed E-state index contributed by atoms with van der Waals surface area (Å²) < 4.78 is 29.0. The Morgan fingerprint density at radius 1 is 0.800 bits per heavy atom. The number of carbonyl (C=O) groups excluding carboxylic acids is 4. The molecule has 10 nitrogen and oxygen atoms in total. The lowest BCUT2D eigenvalue weighted by Gasteiger charge is -2.25. The van der Waals surface area contributed by atoms with Gasteiger partial charge < -0.3 is 28.4 Å². The molecular formula is C15H20O10. The maximum Gasteiger partial charge on any atom is 0.452 e. The van der Waals surface area contributed by atoms with Crippen molar-refractivity contribution in [2.75, 3.05) is 0 Å². The molecule has 2 atom stereocenters. The van der Waals surface area contributed by atoms with E-state index in [-0.39, 0.29) is 12.8 Å². The van der Waals surface area contributed by atoms with Crippen LogP contribution in [0.2, 0.25) is 0 Å². The van der Waals surface area contributed by atoms with Gasteiger partial charge in [0.2, 0.25) is 12.6 Å². The Balaban J connectivity index is 2.75. The fraction of sp³-hybridized carbons (Fsp3) is 0.600. The van der Waals surface area contributed by atoms with Crippen molar-refractivity contribution < 1.29 is 47.6 Å². The van der Waals surface area contributed by atoms with Crippen LogP contribution in [0.5, 0.6) is 0 Å². The van der Waals surface area contributed by atoms with E-state index in [9.17, 15) is 19.2 Å². The van der Waals surface area contributed by atoms with Crippen LogP contribution in [0.4, 0.5) is 0 Å². The Morgan fingerprint density at radius 3 is 1.48 bits per heavy atom. The van der Waals surface area contributed by atoms with Crippen molar-refractivity contribution in [3.8, 4) is 0 Å². The monoisotopic (exact) mass is 360 g/mol. The van der Waals surface area contributed by atoms with Crippen molar-refractivity contribution in [1.29, 1.82) is 0 Å². The maximum absolute atomic E-state index is 12.2. The van der Waals surface area contributed by atoms with Gasteiger partial charge in [-0.3, -0.25) is 9.59 Å². The molecule has 0 fully saturated rings. The Kier molecular flexibility index (Phi) is 7.22. The number of rotatable bonds is 8. The second-order valence-corrected chi connectivity index (χ2v) is 4.76. The average molecular weight is 360 g/mol. The summed E-state index contributed by atoms with van der Waals surface area (Å²) >= 11 is 0. The molecule has 0 aromatic carbocycles. The van der Waals surface area contributed by atoms with Gasteiger partial charge in [0, 0.05) is 26.7 Å². The summed E-state index contributed by atoms with van der Waals surface area (Å²) in [6.45, 7) is 5.67. The molecule has 0 spiro atoms. The van der Waals surface area contributed by atoms with Crippen LogP contribution in [0.3, 0.4) is 0 Å². The van der Waals surface area contributed by atoms with Gasteiger partial charge in [-0.05, 0) is 0 Å². The van der Waals surface area contributed by atoms with E-state index in [1.165, 1.54) is 13.8 Å². The third kappa shape index (κ3) is 5.37. The second kappa shape index (κ2) is 8.90. The predicted molar refractivity (Wildman–Crippen MR) is 77.9 cm³/mol.